The highest BCUT2D eigenvalue weighted by atomic mass is 16.5. The molecule has 1 saturated carbocycles. The molecule has 0 aliphatic heterocycles. The zero-order valence-electron chi connectivity index (χ0n) is 11.1. The Morgan fingerprint density at radius 3 is 2.75 bits per heavy atom. The van der Waals surface area contributed by atoms with Crippen molar-refractivity contribution < 1.29 is 9.53 Å². The number of nitrogens with zero attached hydrogens (tertiary/aromatic N) is 1. The Hall–Kier alpha value is -2.34. The van der Waals surface area contributed by atoms with Gasteiger partial charge in [0.1, 0.15) is 5.75 Å². The Morgan fingerprint density at radius 2 is 2.05 bits per heavy atom. The Bertz CT molecular complexity index is 696. The molecular formula is C17H15NO2. The van der Waals surface area contributed by atoms with Crippen LogP contribution in [-0.4, -0.2) is 12.9 Å². The Labute approximate surface area is 117 Å². The van der Waals surface area contributed by atoms with Crippen LogP contribution in [-0.2, 0) is 0 Å². The van der Waals surface area contributed by atoms with Crippen molar-refractivity contribution in [3.63, 3.8) is 0 Å². The predicted molar refractivity (Wildman–Crippen MR) is 76.7 cm³/mol. The van der Waals surface area contributed by atoms with Crippen molar-refractivity contribution in [1.82, 2.24) is 0 Å². The lowest BCUT2D eigenvalue weighted by molar-refractivity contribution is 0.111. The van der Waals surface area contributed by atoms with Crippen LogP contribution in [0.2, 0.25) is 0 Å². The lowest BCUT2D eigenvalue weighted by atomic mass is 10.0. The standard InChI is InChI=1S/C17H15NO2/c18-10-9-17(7-8-17)12-20-16-6-5-13-3-1-2-4-14(13)15(16)11-19/h1-6,11H,7-9,12H2. The summed E-state index contributed by atoms with van der Waals surface area (Å²) in [5, 5.41) is 10.8. The quantitative estimate of drug-likeness (QED) is 0.774. The van der Waals surface area contributed by atoms with E-state index in [0.717, 1.165) is 29.9 Å². The van der Waals surface area contributed by atoms with Gasteiger partial charge in [0.2, 0.25) is 0 Å². The second-order valence-corrected chi connectivity index (χ2v) is 5.44. The van der Waals surface area contributed by atoms with Crippen LogP contribution in [0.1, 0.15) is 29.6 Å². The van der Waals surface area contributed by atoms with Crippen LogP contribution < -0.4 is 4.74 Å². The van der Waals surface area contributed by atoms with Gasteiger partial charge in [-0.25, -0.2) is 0 Å². The van der Waals surface area contributed by atoms with E-state index >= 15 is 0 Å². The average Bonchev–Trinajstić information content (AvgIpc) is 3.25. The van der Waals surface area contributed by atoms with Gasteiger partial charge in [0.05, 0.1) is 18.2 Å². The monoisotopic (exact) mass is 265 g/mol. The van der Waals surface area contributed by atoms with Gasteiger partial charge in [0, 0.05) is 11.8 Å². The van der Waals surface area contributed by atoms with E-state index in [2.05, 4.69) is 6.07 Å². The second kappa shape index (κ2) is 4.97. The van der Waals surface area contributed by atoms with Gasteiger partial charge in [-0.2, -0.15) is 5.26 Å². The van der Waals surface area contributed by atoms with Gasteiger partial charge in [-0.1, -0.05) is 30.3 Å². The zero-order valence-corrected chi connectivity index (χ0v) is 11.1. The van der Waals surface area contributed by atoms with Gasteiger partial charge >= 0.3 is 0 Å². The number of hydrogen-bond donors (Lipinski definition) is 0. The second-order valence-electron chi connectivity index (χ2n) is 5.44. The number of ether oxygens (including phenoxy) is 1. The van der Waals surface area contributed by atoms with Crippen LogP contribution in [0.5, 0.6) is 5.75 Å². The zero-order chi connectivity index (χ0) is 14.0. The Kier molecular flexibility index (Phi) is 3.15. The molecule has 100 valence electrons. The van der Waals surface area contributed by atoms with Crippen molar-refractivity contribution in [2.24, 2.45) is 5.41 Å². The predicted octanol–water partition coefficient (Wildman–Crippen LogP) is 3.72. The summed E-state index contributed by atoms with van der Waals surface area (Å²) < 4.78 is 5.83. The molecule has 0 bridgehead atoms. The summed E-state index contributed by atoms with van der Waals surface area (Å²) in [6.07, 6.45) is 3.44. The number of carbonyl (C=O) groups is 1. The fourth-order valence-corrected chi connectivity index (χ4v) is 2.47. The molecule has 20 heavy (non-hydrogen) atoms. The summed E-state index contributed by atoms with van der Waals surface area (Å²) in [5.74, 6) is 0.614. The summed E-state index contributed by atoms with van der Waals surface area (Å²) in [7, 11) is 0. The number of nitriles is 1. The van der Waals surface area contributed by atoms with Crippen LogP contribution in [0.15, 0.2) is 36.4 Å². The molecule has 0 unspecified atom stereocenters. The molecule has 3 rings (SSSR count). The van der Waals surface area contributed by atoms with Crippen LogP contribution in [0, 0.1) is 16.7 Å². The molecule has 1 fully saturated rings. The summed E-state index contributed by atoms with van der Waals surface area (Å²) >= 11 is 0. The largest absolute Gasteiger partial charge is 0.492 e. The van der Waals surface area contributed by atoms with Crippen molar-refractivity contribution in [3.8, 4) is 11.8 Å². The highest BCUT2D eigenvalue weighted by Gasteiger charge is 2.43. The van der Waals surface area contributed by atoms with E-state index in [9.17, 15) is 4.79 Å². The summed E-state index contributed by atoms with van der Waals surface area (Å²) in [6, 6.07) is 13.8. The lowest BCUT2D eigenvalue weighted by Gasteiger charge is -2.15. The molecule has 0 saturated heterocycles. The minimum absolute atomic E-state index is 0.0144. The highest BCUT2D eigenvalue weighted by molar-refractivity contribution is 6.00. The number of aldehydes is 1. The Balaban J connectivity index is 1.88. The minimum atomic E-state index is 0.0144. The molecule has 3 heteroatoms. The normalized spacial score (nSPS) is 15.6. The van der Waals surface area contributed by atoms with E-state index < -0.39 is 0 Å². The molecule has 0 heterocycles. The first-order valence-corrected chi connectivity index (χ1v) is 6.75. The summed E-state index contributed by atoms with van der Waals surface area (Å²) in [6.45, 7) is 0.514. The van der Waals surface area contributed by atoms with Crippen molar-refractivity contribution in [1.29, 1.82) is 5.26 Å². The van der Waals surface area contributed by atoms with Gasteiger partial charge in [0.15, 0.2) is 6.29 Å². The fraction of sp³-hybridized carbons (Fsp3) is 0.294. The minimum Gasteiger partial charge on any atom is -0.492 e. The van der Waals surface area contributed by atoms with Crippen LogP contribution in [0.4, 0.5) is 0 Å². The smallest absolute Gasteiger partial charge is 0.154 e. The molecule has 2 aromatic carbocycles. The molecule has 0 radical (unpaired) electrons. The van der Waals surface area contributed by atoms with Crippen LogP contribution >= 0.6 is 0 Å². The van der Waals surface area contributed by atoms with E-state index in [1.807, 2.05) is 36.4 Å². The maximum Gasteiger partial charge on any atom is 0.154 e. The van der Waals surface area contributed by atoms with Crippen molar-refractivity contribution >= 4 is 17.1 Å². The third kappa shape index (κ3) is 2.25. The number of hydrogen-bond acceptors (Lipinski definition) is 3. The molecule has 0 N–H and O–H groups in total. The van der Waals surface area contributed by atoms with Gasteiger partial charge in [-0.3, -0.25) is 4.79 Å². The van der Waals surface area contributed by atoms with Gasteiger partial charge < -0.3 is 4.74 Å². The number of benzene rings is 2. The van der Waals surface area contributed by atoms with Crippen molar-refractivity contribution in [3.05, 3.63) is 42.0 Å². The van der Waals surface area contributed by atoms with Crippen LogP contribution in [0.25, 0.3) is 10.8 Å². The van der Waals surface area contributed by atoms with Crippen molar-refractivity contribution in [2.45, 2.75) is 19.3 Å². The average molecular weight is 265 g/mol. The number of carbonyl (C=O) groups excluding carboxylic acids is 1. The van der Waals surface area contributed by atoms with E-state index in [0.29, 0.717) is 24.3 Å². The summed E-state index contributed by atoms with van der Waals surface area (Å²) in [4.78, 5) is 11.4. The third-order valence-electron chi connectivity index (χ3n) is 3.99. The fourth-order valence-electron chi connectivity index (χ4n) is 2.47. The van der Waals surface area contributed by atoms with E-state index in [1.54, 1.807) is 0 Å². The lowest BCUT2D eigenvalue weighted by Crippen LogP contribution is -2.13. The molecule has 0 spiro atoms. The molecule has 0 atom stereocenters. The molecule has 2 aromatic rings. The van der Waals surface area contributed by atoms with E-state index in [4.69, 9.17) is 10.00 Å². The number of fused-ring (bicyclic) bond motifs is 1. The molecule has 0 amide bonds. The maximum absolute atomic E-state index is 11.4. The molecule has 1 aliphatic rings. The first-order valence-electron chi connectivity index (χ1n) is 6.75. The van der Waals surface area contributed by atoms with E-state index in [1.165, 1.54) is 0 Å². The van der Waals surface area contributed by atoms with Gasteiger partial charge in [0.25, 0.3) is 0 Å². The SMILES string of the molecule is N#CCC1(COc2ccc3ccccc3c2C=O)CC1. The molecule has 1 aliphatic carbocycles. The number of rotatable bonds is 5. The van der Waals surface area contributed by atoms with Crippen molar-refractivity contribution in [2.75, 3.05) is 6.61 Å². The third-order valence-corrected chi connectivity index (χ3v) is 3.99. The molecule has 3 nitrogen and oxygen atoms in total. The topological polar surface area (TPSA) is 50.1 Å². The molecular weight excluding hydrogens is 250 g/mol. The van der Waals surface area contributed by atoms with Gasteiger partial charge in [-0.15, -0.1) is 0 Å². The van der Waals surface area contributed by atoms with Crippen LogP contribution in [0.3, 0.4) is 0 Å². The molecule has 0 aromatic heterocycles. The van der Waals surface area contributed by atoms with Gasteiger partial charge in [-0.05, 0) is 29.7 Å². The maximum atomic E-state index is 11.4. The highest BCUT2D eigenvalue weighted by Crippen LogP contribution is 2.48. The Morgan fingerprint density at radius 1 is 1.25 bits per heavy atom. The van der Waals surface area contributed by atoms with E-state index in [-0.39, 0.29) is 5.41 Å². The summed E-state index contributed by atoms with van der Waals surface area (Å²) in [5.41, 5.74) is 0.608. The first kappa shape index (κ1) is 12.7. The first-order chi connectivity index (χ1) is 9.78.